The third-order valence-electron chi connectivity index (χ3n) is 5.88. The molecule has 9 nitrogen and oxygen atoms in total. The molecule has 0 spiro atoms. The number of aryl methyl sites for hydroxylation is 1. The zero-order valence-electron chi connectivity index (χ0n) is 21.0. The second kappa shape index (κ2) is 11.9. The van der Waals surface area contributed by atoms with Crippen LogP contribution in [0, 0.1) is 6.92 Å². The number of carbonyl (C=O) groups excluding carboxylic acids is 4. The lowest BCUT2D eigenvalue weighted by Gasteiger charge is -2.31. The molecule has 9 heteroatoms. The lowest BCUT2D eigenvalue weighted by molar-refractivity contribution is -0.126. The molecule has 0 bridgehead atoms. The molecule has 2 N–H and O–H groups in total. The van der Waals surface area contributed by atoms with Crippen molar-refractivity contribution >= 4 is 29.2 Å². The summed E-state index contributed by atoms with van der Waals surface area (Å²) in [5.41, 5.74) is 2.39. The molecule has 0 saturated heterocycles. The van der Waals surface area contributed by atoms with E-state index in [9.17, 15) is 19.2 Å². The van der Waals surface area contributed by atoms with Crippen LogP contribution in [0.2, 0.25) is 0 Å². The summed E-state index contributed by atoms with van der Waals surface area (Å²) in [5.74, 6) is -1.08. The van der Waals surface area contributed by atoms with E-state index in [0.717, 1.165) is 5.56 Å². The van der Waals surface area contributed by atoms with Crippen molar-refractivity contribution in [1.29, 1.82) is 0 Å². The van der Waals surface area contributed by atoms with Gasteiger partial charge in [0, 0.05) is 11.3 Å². The Kier molecular flexibility index (Phi) is 8.17. The average molecular weight is 514 g/mol. The van der Waals surface area contributed by atoms with Gasteiger partial charge in [-0.25, -0.2) is 0 Å². The smallest absolute Gasteiger partial charge is 0.287 e. The molecule has 4 rings (SSSR count). The summed E-state index contributed by atoms with van der Waals surface area (Å²) in [6, 6.07) is 19.0. The second-order valence-corrected chi connectivity index (χ2v) is 8.64. The highest BCUT2D eigenvalue weighted by Gasteiger charge is 2.33. The summed E-state index contributed by atoms with van der Waals surface area (Å²) in [5, 5.41) is 5.39. The van der Waals surface area contributed by atoms with Gasteiger partial charge in [0.25, 0.3) is 5.91 Å². The molecule has 38 heavy (non-hydrogen) atoms. The molecule has 0 aliphatic heterocycles. The van der Waals surface area contributed by atoms with Crippen LogP contribution >= 0.6 is 0 Å². The largest absolute Gasteiger partial charge is 0.467 e. The monoisotopic (exact) mass is 513 g/mol. The van der Waals surface area contributed by atoms with Crippen molar-refractivity contribution in [2.24, 2.45) is 0 Å². The first-order chi connectivity index (χ1) is 18.3. The Balaban J connectivity index is 1.69. The van der Waals surface area contributed by atoms with E-state index in [4.69, 9.17) is 8.83 Å². The Labute approximate surface area is 219 Å². The van der Waals surface area contributed by atoms with Gasteiger partial charge in [-0.15, -0.1) is 0 Å². The van der Waals surface area contributed by atoms with Gasteiger partial charge in [0.05, 0.1) is 25.6 Å². The molecule has 194 valence electrons. The molecular weight excluding hydrogens is 486 g/mol. The summed E-state index contributed by atoms with van der Waals surface area (Å²) in [4.78, 5) is 52.9. The highest BCUT2D eigenvalue weighted by Crippen LogP contribution is 2.29. The Hall–Kier alpha value is -4.92. The van der Waals surface area contributed by atoms with E-state index < -0.39 is 30.3 Å². The van der Waals surface area contributed by atoms with Crippen LogP contribution in [0.25, 0.3) is 0 Å². The van der Waals surface area contributed by atoms with Crippen molar-refractivity contribution in [3.63, 3.8) is 0 Å². The molecule has 0 saturated carbocycles. The van der Waals surface area contributed by atoms with E-state index in [1.54, 1.807) is 54.6 Å². The zero-order valence-corrected chi connectivity index (χ0v) is 21.0. The van der Waals surface area contributed by atoms with Crippen molar-refractivity contribution in [3.05, 3.63) is 114 Å². The molecule has 3 amide bonds. The van der Waals surface area contributed by atoms with Crippen LogP contribution < -0.4 is 15.5 Å². The van der Waals surface area contributed by atoms with Gasteiger partial charge in [-0.2, -0.15) is 0 Å². The molecule has 0 aliphatic rings. The number of rotatable bonds is 10. The summed E-state index contributed by atoms with van der Waals surface area (Å²) >= 11 is 0. The Morgan fingerprint density at radius 3 is 2.13 bits per heavy atom. The fourth-order valence-corrected chi connectivity index (χ4v) is 3.88. The van der Waals surface area contributed by atoms with E-state index in [2.05, 4.69) is 10.6 Å². The number of nitrogens with one attached hydrogen (secondary N) is 2. The number of anilines is 1. The first kappa shape index (κ1) is 26.2. The van der Waals surface area contributed by atoms with Gasteiger partial charge < -0.3 is 19.5 Å². The van der Waals surface area contributed by atoms with E-state index in [0.29, 0.717) is 22.6 Å². The van der Waals surface area contributed by atoms with Crippen LogP contribution in [0.1, 0.15) is 50.8 Å². The molecule has 0 unspecified atom stereocenters. The minimum absolute atomic E-state index is 0.0569. The van der Waals surface area contributed by atoms with Gasteiger partial charge in [0.15, 0.2) is 11.5 Å². The van der Waals surface area contributed by atoms with Gasteiger partial charge in [0.1, 0.15) is 11.8 Å². The SMILES string of the molecule is CC(=O)c1ccc(N(C(=O)CNC(=O)c2ccco2)[C@@H](C(=O)NCc2ccco2)c2ccc(C)cc2)cc1. The normalized spacial score (nSPS) is 11.4. The van der Waals surface area contributed by atoms with Crippen LogP contribution in [-0.4, -0.2) is 30.0 Å². The summed E-state index contributed by atoms with van der Waals surface area (Å²) in [6.45, 7) is 3.08. The highest BCUT2D eigenvalue weighted by atomic mass is 16.3. The van der Waals surface area contributed by atoms with Gasteiger partial charge in [-0.3, -0.25) is 24.1 Å². The maximum Gasteiger partial charge on any atom is 0.287 e. The fourth-order valence-electron chi connectivity index (χ4n) is 3.88. The van der Waals surface area contributed by atoms with Gasteiger partial charge >= 0.3 is 0 Å². The highest BCUT2D eigenvalue weighted by molar-refractivity contribution is 6.04. The number of Topliss-reactive ketones (excluding diaryl/α,β-unsaturated/α-hetero) is 1. The van der Waals surface area contributed by atoms with Gasteiger partial charge in [0.2, 0.25) is 11.8 Å². The number of ketones is 1. The van der Waals surface area contributed by atoms with Crippen LogP contribution in [0.3, 0.4) is 0 Å². The third-order valence-corrected chi connectivity index (χ3v) is 5.88. The molecular formula is C29H27N3O6. The van der Waals surface area contributed by atoms with Crippen LogP contribution in [0.5, 0.6) is 0 Å². The predicted octanol–water partition coefficient (Wildman–Crippen LogP) is 4.20. The number of hydrogen-bond donors (Lipinski definition) is 2. The van der Waals surface area contributed by atoms with Gasteiger partial charge in [-0.05, 0) is 67.9 Å². The molecule has 2 aromatic carbocycles. The lowest BCUT2D eigenvalue weighted by Crippen LogP contribution is -2.47. The Morgan fingerprint density at radius 2 is 1.53 bits per heavy atom. The minimum atomic E-state index is -1.08. The number of amides is 3. The van der Waals surface area contributed by atoms with Crippen LogP contribution in [0.15, 0.2) is 94.2 Å². The predicted molar refractivity (Wildman–Crippen MR) is 139 cm³/mol. The van der Waals surface area contributed by atoms with E-state index in [1.165, 1.54) is 30.4 Å². The van der Waals surface area contributed by atoms with E-state index in [1.807, 2.05) is 19.1 Å². The number of nitrogens with zero attached hydrogens (tertiary/aromatic N) is 1. The summed E-state index contributed by atoms with van der Waals surface area (Å²) in [6.07, 6.45) is 2.86. The standard InChI is InChI=1S/C29H27N3O6/c1-19-7-9-22(10-8-19)27(29(36)30-17-24-5-3-15-37-24)32(23-13-11-21(12-14-23)20(2)33)26(34)18-31-28(35)25-6-4-16-38-25/h3-16,27H,17-18H2,1-2H3,(H,30,36)(H,31,35)/t27-/m1/s1. The zero-order chi connectivity index (χ0) is 27.1. The minimum Gasteiger partial charge on any atom is -0.467 e. The third kappa shape index (κ3) is 6.25. The Morgan fingerprint density at radius 1 is 0.842 bits per heavy atom. The van der Waals surface area contributed by atoms with E-state index >= 15 is 0 Å². The van der Waals surface area contributed by atoms with Crippen LogP contribution in [0.4, 0.5) is 5.69 Å². The van der Waals surface area contributed by atoms with E-state index in [-0.39, 0.29) is 18.1 Å². The molecule has 2 heterocycles. The average Bonchev–Trinajstić information content (AvgIpc) is 3.64. The number of hydrogen-bond acceptors (Lipinski definition) is 6. The number of furan rings is 2. The molecule has 2 aromatic heterocycles. The van der Waals surface area contributed by atoms with Gasteiger partial charge in [-0.1, -0.05) is 29.8 Å². The second-order valence-electron chi connectivity index (χ2n) is 8.64. The summed E-state index contributed by atoms with van der Waals surface area (Å²) < 4.78 is 10.4. The number of carbonyl (C=O) groups is 4. The van der Waals surface area contributed by atoms with Crippen molar-refractivity contribution in [3.8, 4) is 0 Å². The van der Waals surface area contributed by atoms with Crippen molar-refractivity contribution < 1.29 is 28.0 Å². The molecule has 4 aromatic rings. The van der Waals surface area contributed by atoms with Crippen molar-refractivity contribution in [2.45, 2.75) is 26.4 Å². The maximum absolute atomic E-state index is 13.7. The molecule has 0 aliphatic carbocycles. The van der Waals surface area contributed by atoms with Crippen LogP contribution in [-0.2, 0) is 16.1 Å². The first-order valence-electron chi connectivity index (χ1n) is 11.9. The number of benzene rings is 2. The fraction of sp³-hybridized carbons (Fsp3) is 0.172. The first-order valence-corrected chi connectivity index (χ1v) is 11.9. The topological polar surface area (TPSA) is 122 Å². The summed E-state index contributed by atoms with van der Waals surface area (Å²) in [7, 11) is 0. The maximum atomic E-state index is 13.7. The lowest BCUT2D eigenvalue weighted by atomic mass is 10.0. The Bertz CT molecular complexity index is 1390. The molecule has 1 atom stereocenters. The van der Waals surface area contributed by atoms with Crippen molar-refractivity contribution in [2.75, 3.05) is 11.4 Å². The molecule has 0 fully saturated rings. The quantitative estimate of drug-likeness (QED) is 0.307. The molecule has 0 radical (unpaired) electrons. The van der Waals surface area contributed by atoms with Crippen molar-refractivity contribution in [1.82, 2.24) is 10.6 Å².